The van der Waals surface area contributed by atoms with Crippen LogP contribution in [-0.2, 0) is 22.6 Å². The van der Waals surface area contributed by atoms with Gasteiger partial charge in [-0.05, 0) is 41.2 Å². The van der Waals surface area contributed by atoms with Gasteiger partial charge in [0.15, 0.2) is 0 Å². The highest BCUT2D eigenvalue weighted by atomic mass is 16.6. The largest absolute Gasteiger partial charge is 0.460 e. The third-order valence-corrected chi connectivity index (χ3v) is 4.31. The molecule has 0 fully saturated rings. The molecule has 0 radical (unpaired) electrons. The van der Waals surface area contributed by atoms with E-state index in [4.69, 9.17) is 10.5 Å². The van der Waals surface area contributed by atoms with Crippen molar-refractivity contribution < 1.29 is 19.7 Å². The Hall–Kier alpha value is -2.21. The second-order valence-corrected chi connectivity index (χ2v) is 5.89. The minimum Gasteiger partial charge on any atom is -0.460 e. The van der Waals surface area contributed by atoms with E-state index >= 15 is 0 Å². The van der Waals surface area contributed by atoms with Gasteiger partial charge in [-0.1, -0.05) is 42.5 Å². The molecule has 120 valence electrons. The zero-order chi connectivity index (χ0) is 16.6. The smallest absolute Gasteiger partial charge is 0.316 e. The molecule has 2 aromatic carbocycles. The van der Waals surface area contributed by atoms with E-state index in [0.29, 0.717) is 0 Å². The Kier molecular flexibility index (Phi) is 3.93. The van der Waals surface area contributed by atoms with Crippen molar-refractivity contribution in [3.8, 4) is 11.1 Å². The van der Waals surface area contributed by atoms with Crippen molar-refractivity contribution in [3.63, 3.8) is 0 Å². The molecular weight excluding hydrogens is 294 g/mol. The van der Waals surface area contributed by atoms with E-state index in [1.807, 2.05) is 24.3 Å². The lowest BCUT2D eigenvalue weighted by molar-refractivity contribution is -0.206. The second-order valence-electron chi connectivity index (χ2n) is 5.89. The third-order valence-electron chi connectivity index (χ3n) is 4.31. The summed E-state index contributed by atoms with van der Waals surface area (Å²) in [6, 6.07) is 14.1. The number of carbonyl (C=O) groups is 1. The number of nitrogens with two attached hydrogens (primary N) is 1. The van der Waals surface area contributed by atoms with E-state index in [9.17, 15) is 15.0 Å². The van der Waals surface area contributed by atoms with E-state index in [1.54, 1.807) is 0 Å². The standard InChI is InChI=1S/C18H19NO4/c1-11(18(19,21)22)17(20)23-10-13-6-4-8-15-14-7-3-2-5-12(14)9-16(13)15/h2-8,11,21-22H,9-10,19H2,1H3. The molecule has 0 spiro atoms. The number of hydrogen-bond acceptors (Lipinski definition) is 5. The lowest BCUT2D eigenvalue weighted by Crippen LogP contribution is -2.49. The molecule has 5 heteroatoms. The highest BCUT2D eigenvalue weighted by molar-refractivity contribution is 5.78. The Balaban J connectivity index is 1.78. The lowest BCUT2D eigenvalue weighted by atomic mass is 10.0. The molecule has 0 aromatic heterocycles. The van der Waals surface area contributed by atoms with Gasteiger partial charge in [0.25, 0.3) is 0 Å². The summed E-state index contributed by atoms with van der Waals surface area (Å²) in [6.45, 7) is 1.39. The average molecular weight is 313 g/mol. The van der Waals surface area contributed by atoms with Gasteiger partial charge in [-0.3, -0.25) is 10.5 Å². The molecule has 0 saturated carbocycles. The number of hydrogen-bond donors (Lipinski definition) is 3. The molecule has 1 aliphatic rings. The zero-order valence-electron chi connectivity index (χ0n) is 12.8. The highest BCUT2D eigenvalue weighted by Crippen LogP contribution is 2.38. The number of carbonyl (C=O) groups excluding carboxylic acids is 1. The van der Waals surface area contributed by atoms with Gasteiger partial charge in [-0.25, -0.2) is 0 Å². The monoisotopic (exact) mass is 313 g/mol. The van der Waals surface area contributed by atoms with Crippen molar-refractivity contribution in [2.24, 2.45) is 11.7 Å². The summed E-state index contributed by atoms with van der Waals surface area (Å²) in [7, 11) is 0. The van der Waals surface area contributed by atoms with Gasteiger partial charge in [0.05, 0.1) is 0 Å². The summed E-state index contributed by atoms with van der Waals surface area (Å²) < 4.78 is 5.20. The number of rotatable bonds is 4. The van der Waals surface area contributed by atoms with Crippen molar-refractivity contribution in [1.82, 2.24) is 0 Å². The SMILES string of the molecule is CC(C(=O)OCc1cccc2c1Cc1ccccc1-2)C(N)(O)O. The summed E-state index contributed by atoms with van der Waals surface area (Å²) in [4.78, 5) is 11.9. The Morgan fingerprint density at radius 2 is 1.91 bits per heavy atom. The second kappa shape index (κ2) is 5.77. The number of aliphatic hydroxyl groups is 2. The third kappa shape index (κ3) is 2.99. The van der Waals surface area contributed by atoms with Crippen LogP contribution in [0.3, 0.4) is 0 Å². The minimum atomic E-state index is -2.58. The number of esters is 1. The maximum absolute atomic E-state index is 11.9. The van der Waals surface area contributed by atoms with Crippen molar-refractivity contribution in [3.05, 3.63) is 59.2 Å². The number of fused-ring (bicyclic) bond motifs is 3. The average Bonchev–Trinajstić information content (AvgIpc) is 2.90. The van der Waals surface area contributed by atoms with Crippen LogP contribution in [0.25, 0.3) is 11.1 Å². The molecule has 0 bridgehead atoms. The topological polar surface area (TPSA) is 92.8 Å². The van der Waals surface area contributed by atoms with Crippen molar-refractivity contribution >= 4 is 5.97 Å². The molecule has 3 rings (SSSR count). The fraction of sp³-hybridized carbons (Fsp3) is 0.278. The Labute approximate surface area is 134 Å². The molecular formula is C18H19NO4. The van der Waals surface area contributed by atoms with Gasteiger partial charge in [-0.2, -0.15) is 0 Å². The molecule has 1 unspecified atom stereocenters. The predicted molar refractivity (Wildman–Crippen MR) is 85.0 cm³/mol. The highest BCUT2D eigenvalue weighted by Gasteiger charge is 2.33. The predicted octanol–water partition coefficient (Wildman–Crippen LogP) is 1.53. The van der Waals surface area contributed by atoms with Crippen LogP contribution in [0.2, 0.25) is 0 Å². The fourth-order valence-corrected chi connectivity index (χ4v) is 2.81. The van der Waals surface area contributed by atoms with Crippen LogP contribution in [0, 0.1) is 5.92 Å². The molecule has 0 saturated heterocycles. The van der Waals surface area contributed by atoms with Crippen molar-refractivity contribution in [2.75, 3.05) is 0 Å². The quantitative estimate of drug-likeness (QED) is 0.502. The first-order valence-electron chi connectivity index (χ1n) is 7.47. The van der Waals surface area contributed by atoms with E-state index < -0.39 is 17.8 Å². The molecule has 0 heterocycles. The molecule has 5 nitrogen and oxygen atoms in total. The van der Waals surface area contributed by atoms with Gasteiger partial charge < -0.3 is 14.9 Å². The Morgan fingerprint density at radius 3 is 2.65 bits per heavy atom. The van der Waals surface area contributed by atoms with Gasteiger partial charge in [0.1, 0.15) is 12.5 Å². The van der Waals surface area contributed by atoms with Crippen molar-refractivity contribution in [2.45, 2.75) is 25.9 Å². The normalized spacial score (nSPS) is 14.1. The van der Waals surface area contributed by atoms with Crippen LogP contribution in [-0.4, -0.2) is 22.1 Å². The van der Waals surface area contributed by atoms with Gasteiger partial charge in [0, 0.05) is 0 Å². The summed E-state index contributed by atoms with van der Waals surface area (Å²) in [5.74, 6) is -4.55. The lowest BCUT2D eigenvalue weighted by Gasteiger charge is -2.22. The maximum Gasteiger partial charge on any atom is 0.316 e. The molecule has 0 amide bonds. The zero-order valence-corrected chi connectivity index (χ0v) is 12.8. The fourth-order valence-electron chi connectivity index (χ4n) is 2.81. The summed E-state index contributed by atoms with van der Waals surface area (Å²) in [5.41, 5.74) is 10.8. The van der Waals surface area contributed by atoms with Gasteiger partial charge >= 0.3 is 5.97 Å². The summed E-state index contributed by atoms with van der Waals surface area (Å²) >= 11 is 0. The van der Waals surface area contributed by atoms with Crippen LogP contribution < -0.4 is 5.73 Å². The molecule has 1 aliphatic carbocycles. The summed E-state index contributed by atoms with van der Waals surface area (Å²) in [5, 5.41) is 18.5. The Morgan fingerprint density at radius 1 is 1.22 bits per heavy atom. The van der Waals surface area contributed by atoms with Crippen LogP contribution in [0.1, 0.15) is 23.6 Å². The van der Waals surface area contributed by atoms with E-state index in [1.165, 1.54) is 18.1 Å². The van der Waals surface area contributed by atoms with E-state index in [-0.39, 0.29) is 6.61 Å². The van der Waals surface area contributed by atoms with Crippen LogP contribution in [0.15, 0.2) is 42.5 Å². The van der Waals surface area contributed by atoms with Crippen LogP contribution >= 0.6 is 0 Å². The molecule has 1 atom stereocenters. The van der Waals surface area contributed by atoms with Gasteiger partial charge in [-0.15, -0.1) is 0 Å². The molecule has 4 N–H and O–H groups in total. The first-order chi connectivity index (χ1) is 10.9. The van der Waals surface area contributed by atoms with Crippen LogP contribution in [0.5, 0.6) is 0 Å². The number of benzene rings is 2. The molecule has 2 aromatic rings. The number of ether oxygens (including phenoxy) is 1. The van der Waals surface area contributed by atoms with Gasteiger partial charge in [0.2, 0.25) is 5.91 Å². The van der Waals surface area contributed by atoms with Crippen LogP contribution in [0.4, 0.5) is 0 Å². The van der Waals surface area contributed by atoms with Crippen molar-refractivity contribution in [1.29, 1.82) is 0 Å². The van der Waals surface area contributed by atoms with E-state index in [0.717, 1.165) is 23.1 Å². The first-order valence-corrected chi connectivity index (χ1v) is 7.47. The van der Waals surface area contributed by atoms with E-state index in [2.05, 4.69) is 18.2 Å². The maximum atomic E-state index is 11.9. The minimum absolute atomic E-state index is 0.0798. The summed E-state index contributed by atoms with van der Waals surface area (Å²) in [6.07, 6.45) is 0.801. The Bertz CT molecular complexity index is 749. The molecule has 23 heavy (non-hydrogen) atoms. The first kappa shape index (κ1) is 15.7. The molecule has 0 aliphatic heterocycles.